The van der Waals surface area contributed by atoms with Gasteiger partial charge in [-0.1, -0.05) is 31.4 Å². The summed E-state index contributed by atoms with van der Waals surface area (Å²) >= 11 is 1.58. The molecule has 0 saturated carbocycles. The summed E-state index contributed by atoms with van der Waals surface area (Å²) in [7, 11) is 0. The van der Waals surface area contributed by atoms with Crippen LogP contribution in [0.5, 0.6) is 11.5 Å². The third-order valence-corrected chi connectivity index (χ3v) is 7.05. The normalized spacial score (nSPS) is 22.8. The predicted octanol–water partition coefficient (Wildman–Crippen LogP) is 6.86. The van der Waals surface area contributed by atoms with Crippen LogP contribution in [0.3, 0.4) is 0 Å². The zero-order valence-electron chi connectivity index (χ0n) is 17.4. The lowest BCUT2D eigenvalue weighted by molar-refractivity contribution is 0.0108. The summed E-state index contributed by atoms with van der Waals surface area (Å²) in [6, 6.07) is 2.19. The van der Waals surface area contributed by atoms with Gasteiger partial charge in [-0.3, -0.25) is 0 Å². The molecule has 2 aliphatic rings. The topological polar surface area (TPSA) is 42.4 Å². The van der Waals surface area contributed by atoms with Crippen LogP contribution in [0.15, 0.2) is 28.6 Å². The third kappa shape index (κ3) is 3.36. The number of aromatic hydroxyl groups is 1. The molecule has 0 saturated heterocycles. The van der Waals surface area contributed by atoms with Crippen LogP contribution in [-0.4, -0.2) is 15.7 Å². The molecule has 2 aromatic rings. The number of fused-ring (bicyclic) bond motifs is 3. The Morgan fingerprint density at radius 1 is 1.32 bits per heavy atom. The molecule has 150 valence electrons. The number of hydrogen-bond donors (Lipinski definition) is 1. The van der Waals surface area contributed by atoms with Crippen LogP contribution in [0, 0.1) is 5.92 Å². The van der Waals surface area contributed by atoms with Crippen molar-refractivity contribution in [3.05, 3.63) is 39.7 Å². The summed E-state index contributed by atoms with van der Waals surface area (Å²) in [6.45, 7) is 8.82. The Kier molecular flexibility index (Phi) is 5.26. The number of thiazole rings is 1. The van der Waals surface area contributed by atoms with Gasteiger partial charge in [0.2, 0.25) is 0 Å². The molecule has 4 rings (SSSR count). The maximum atomic E-state index is 11.5. The summed E-state index contributed by atoms with van der Waals surface area (Å²) in [5.74, 6) is 1.82. The van der Waals surface area contributed by atoms with Gasteiger partial charge in [0.1, 0.15) is 17.1 Å². The van der Waals surface area contributed by atoms with Crippen molar-refractivity contribution in [3.63, 3.8) is 0 Å². The second-order valence-corrected chi connectivity index (χ2v) is 9.61. The Morgan fingerprint density at radius 2 is 2.14 bits per heavy atom. The molecular weight excluding hydrogens is 366 g/mol. The van der Waals surface area contributed by atoms with Crippen LogP contribution >= 0.6 is 11.3 Å². The van der Waals surface area contributed by atoms with Gasteiger partial charge in [0, 0.05) is 28.3 Å². The highest BCUT2D eigenvalue weighted by Crippen LogP contribution is 2.55. The minimum absolute atomic E-state index is 0.203. The van der Waals surface area contributed by atoms with E-state index in [2.05, 4.69) is 44.8 Å². The van der Waals surface area contributed by atoms with E-state index >= 15 is 0 Å². The molecule has 0 amide bonds. The van der Waals surface area contributed by atoms with Gasteiger partial charge in [0.15, 0.2) is 0 Å². The standard InChI is InChI=1S/C24H31NO2S/c1-5-6-7-8-16-12-20-22(23(26)21(16)19-13-28-14-25-19)17-11-15(2)9-10-18(17)24(3,4)27-20/h11-14,17-18,26H,5-10H2,1-4H3. The SMILES string of the molecule is CCCCCc1cc2c(c(O)c1-c1cscn1)C1C=C(C)CCC1C(C)(C)O2. The lowest BCUT2D eigenvalue weighted by atomic mass is 9.67. The van der Waals surface area contributed by atoms with E-state index in [1.165, 1.54) is 18.4 Å². The molecule has 1 aromatic heterocycles. The number of allylic oxidation sites excluding steroid dienone is 2. The quantitative estimate of drug-likeness (QED) is 0.443. The highest BCUT2D eigenvalue weighted by atomic mass is 32.1. The number of unbranched alkanes of at least 4 members (excludes halogenated alkanes) is 2. The molecular formula is C24H31NO2S. The first kappa shape index (κ1) is 19.5. The summed E-state index contributed by atoms with van der Waals surface area (Å²) in [5, 5.41) is 13.5. The van der Waals surface area contributed by atoms with Crippen molar-refractivity contribution in [2.75, 3.05) is 0 Å². The first-order valence-corrected chi connectivity index (χ1v) is 11.5. The van der Waals surface area contributed by atoms with Gasteiger partial charge in [0.05, 0.1) is 11.2 Å². The molecule has 1 aromatic carbocycles. The Bertz CT molecular complexity index is 883. The minimum Gasteiger partial charge on any atom is -0.507 e. The van der Waals surface area contributed by atoms with Crippen molar-refractivity contribution in [2.24, 2.45) is 5.92 Å². The molecule has 3 nitrogen and oxygen atoms in total. The number of nitrogens with zero attached hydrogens (tertiary/aromatic N) is 1. The van der Waals surface area contributed by atoms with Gasteiger partial charge in [0.25, 0.3) is 0 Å². The van der Waals surface area contributed by atoms with Crippen LogP contribution in [0.2, 0.25) is 0 Å². The second kappa shape index (κ2) is 7.55. The largest absolute Gasteiger partial charge is 0.507 e. The molecule has 0 radical (unpaired) electrons. The van der Waals surface area contributed by atoms with Gasteiger partial charge in [-0.2, -0.15) is 0 Å². The number of ether oxygens (including phenoxy) is 1. The van der Waals surface area contributed by atoms with Crippen molar-refractivity contribution < 1.29 is 9.84 Å². The zero-order chi connectivity index (χ0) is 19.9. The number of aryl methyl sites for hydroxylation is 1. The van der Waals surface area contributed by atoms with Crippen LogP contribution in [-0.2, 0) is 6.42 Å². The number of aromatic nitrogens is 1. The maximum Gasteiger partial charge on any atom is 0.132 e. The van der Waals surface area contributed by atoms with Crippen molar-refractivity contribution in [1.29, 1.82) is 0 Å². The first-order chi connectivity index (χ1) is 13.4. The van der Waals surface area contributed by atoms with Gasteiger partial charge in [-0.15, -0.1) is 11.3 Å². The molecule has 0 fully saturated rings. The van der Waals surface area contributed by atoms with E-state index < -0.39 is 0 Å². The number of benzene rings is 1. The fourth-order valence-electron chi connectivity index (χ4n) is 4.99. The highest BCUT2D eigenvalue weighted by molar-refractivity contribution is 7.07. The van der Waals surface area contributed by atoms with E-state index in [1.54, 1.807) is 11.3 Å². The van der Waals surface area contributed by atoms with Gasteiger partial charge in [-0.05, 0) is 58.1 Å². The average Bonchev–Trinajstić information content (AvgIpc) is 3.15. The van der Waals surface area contributed by atoms with Crippen LogP contribution < -0.4 is 4.74 Å². The highest BCUT2D eigenvalue weighted by Gasteiger charge is 2.46. The molecule has 1 aliphatic heterocycles. The zero-order valence-corrected chi connectivity index (χ0v) is 18.2. The van der Waals surface area contributed by atoms with Crippen LogP contribution in [0.1, 0.15) is 76.8 Å². The van der Waals surface area contributed by atoms with Crippen LogP contribution in [0.4, 0.5) is 0 Å². The molecule has 2 atom stereocenters. The maximum absolute atomic E-state index is 11.5. The van der Waals surface area contributed by atoms with Gasteiger partial charge >= 0.3 is 0 Å². The summed E-state index contributed by atoms with van der Waals surface area (Å²) in [5.41, 5.74) is 6.93. The summed E-state index contributed by atoms with van der Waals surface area (Å²) < 4.78 is 6.52. The molecule has 2 unspecified atom stereocenters. The van der Waals surface area contributed by atoms with Gasteiger partial charge in [-0.25, -0.2) is 4.98 Å². The fraction of sp³-hybridized carbons (Fsp3) is 0.542. The summed E-state index contributed by atoms with van der Waals surface area (Å²) in [6.07, 6.45) is 8.99. The Labute approximate surface area is 172 Å². The molecule has 4 heteroatoms. The third-order valence-electron chi connectivity index (χ3n) is 6.47. The van der Waals surface area contributed by atoms with Crippen molar-refractivity contribution in [3.8, 4) is 22.8 Å². The lowest BCUT2D eigenvalue weighted by Crippen LogP contribution is -2.45. The van der Waals surface area contributed by atoms with Crippen LogP contribution in [0.25, 0.3) is 11.3 Å². The first-order valence-electron chi connectivity index (χ1n) is 10.6. The van der Waals surface area contributed by atoms with E-state index in [0.29, 0.717) is 11.7 Å². The number of rotatable bonds is 5. The molecule has 0 bridgehead atoms. The monoisotopic (exact) mass is 397 g/mol. The molecule has 28 heavy (non-hydrogen) atoms. The molecule has 0 spiro atoms. The van der Waals surface area contributed by atoms with Gasteiger partial charge < -0.3 is 9.84 Å². The average molecular weight is 398 g/mol. The number of phenolic OH excluding ortho intramolecular Hbond substituents is 1. The Balaban J connectivity index is 1.89. The second-order valence-electron chi connectivity index (χ2n) is 8.89. The van der Waals surface area contributed by atoms with Crippen molar-refractivity contribution in [2.45, 2.75) is 77.7 Å². The molecule has 1 aliphatic carbocycles. The van der Waals surface area contributed by atoms with E-state index in [-0.39, 0.29) is 11.5 Å². The molecule has 1 N–H and O–H groups in total. The lowest BCUT2D eigenvalue weighted by Gasteiger charge is -2.46. The predicted molar refractivity (Wildman–Crippen MR) is 116 cm³/mol. The molecule has 2 heterocycles. The number of phenols is 1. The Morgan fingerprint density at radius 3 is 2.86 bits per heavy atom. The minimum atomic E-state index is -0.232. The smallest absolute Gasteiger partial charge is 0.132 e. The van der Waals surface area contributed by atoms with Crippen molar-refractivity contribution >= 4 is 11.3 Å². The van der Waals surface area contributed by atoms with E-state index in [4.69, 9.17) is 4.74 Å². The summed E-state index contributed by atoms with van der Waals surface area (Å²) in [4.78, 5) is 4.54. The fourth-order valence-corrected chi connectivity index (χ4v) is 5.54. The Hall–Kier alpha value is -1.81. The number of hydrogen-bond acceptors (Lipinski definition) is 4. The van der Waals surface area contributed by atoms with E-state index in [9.17, 15) is 5.11 Å². The van der Waals surface area contributed by atoms with Crippen molar-refractivity contribution in [1.82, 2.24) is 4.98 Å². The van der Waals surface area contributed by atoms with E-state index in [0.717, 1.165) is 53.8 Å². The van der Waals surface area contributed by atoms with E-state index in [1.807, 2.05) is 10.9 Å².